The van der Waals surface area contributed by atoms with Crippen LogP contribution in [0.1, 0.15) is 24.0 Å². The largest absolute Gasteiger partial charge is 0.465 e. The van der Waals surface area contributed by atoms with Crippen LogP contribution in [0.3, 0.4) is 0 Å². The minimum Gasteiger partial charge on any atom is -0.465 e. The molecule has 0 heterocycles. The van der Waals surface area contributed by atoms with E-state index in [9.17, 15) is 14.7 Å². The maximum absolute atomic E-state index is 11.2. The van der Waals surface area contributed by atoms with Crippen LogP contribution in [0.5, 0.6) is 0 Å². The van der Waals surface area contributed by atoms with Gasteiger partial charge in [0.05, 0.1) is 6.54 Å². The zero-order valence-corrected chi connectivity index (χ0v) is 12.4. The fraction of sp³-hybridized carbons (Fsp3) is 0.429. The molecule has 0 aromatic heterocycles. The van der Waals surface area contributed by atoms with Crippen molar-refractivity contribution in [3.05, 3.63) is 34.3 Å². The minimum absolute atomic E-state index is 0.0874. The summed E-state index contributed by atoms with van der Waals surface area (Å²) in [5.74, 6) is 0. The van der Waals surface area contributed by atoms with Gasteiger partial charge in [0.25, 0.3) is 0 Å². The van der Waals surface area contributed by atoms with Gasteiger partial charge in [-0.25, -0.2) is 9.59 Å². The topological polar surface area (TPSA) is 78.9 Å². The Morgan fingerprint density at radius 2 is 2.19 bits per heavy atom. The molecule has 114 valence electrons. The molecular weight excluding hydrogens is 296 g/mol. The molecule has 2 amide bonds. The van der Waals surface area contributed by atoms with E-state index in [2.05, 4.69) is 5.32 Å². The molecule has 6 nitrogen and oxygen atoms in total. The van der Waals surface area contributed by atoms with E-state index in [0.717, 1.165) is 18.4 Å². The molecule has 1 saturated carbocycles. The van der Waals surface area contributed by atoms with Gasteiger partial charge in [-0.3, -0.25) is 0 Å². The number of carboxylic acid groups (broad SMARTS) is 1. The Hall–Kier alpha value is -1.95. The number of benzene rings is 1. The Labute approximate surface area is 127 Å². The van der Waals surface area contributed by atoms with Gasteiger partial charge in [-0.05, 0) is 36.1 Å². The second-order valence-corrected chi connectivity index (χ2v) is 5.30. The summed E-state index contributed by atoms with van der Waals surface area (Å²) in [5, 5.41) is 12.1. The van der Waals surface area contributed by atoms with Gasteiger partial charge in [0.15, 0.2) is 0 Å². The van der Waals surface area contributed by atoms with E-state index < -0.39 is 12.2 Å². The van der Waals surface area contributed by atoms with Gasteiger partial charge in [-0.1, -0.05) is 17.7 Å². The highest BCUT2D eigenvalue weighted by molar-refractivity contribution is 6.31. The van der Waals surface area contributed by atoms with Crippen LogP contribution in [0.25, 0.3) is 0 Å². The van der Waals surface area contributed by atoms with Gasteiger partial charge in [-0.15, -0.1) is 0 Å². The van der Waals surface area contributed by atoms with Gasteiger partial charge in [0.2, 0.25) is 0 Å². The Bertz CT molecular complexity index is 546. The molecule has 0 bridgehead atoms. The van der Waals surface area contributed by atoms with E-state index in [1.807, 2.05) is 0 Å². The Morgan fingerprint density at radius 1 is 1.48 bits per heavy atom. The van der Waals surface area contributed by atoms with E-state index in [-0.39, 0.29) is 19.2 Å². The highest BCUT2D eigenvalue weighted by Crippen LogP contribution is 2.30. The summed E-state index contributed by atoms with van der Waals surface area (Å²) in [6.07, 6.45) is 0.324. The second kappa shape index (κ2) is 6.67. The summed E-state index contributed by atoms with van der Waals surface area (Å²) in [7, 11) is 1.48. The summed E-state index contributed by atoms with van der Waals surface area (Å²) in [6, 6.07) is 5.29. The van der Waals surface area contributed by atoms with Crippen LogP contribution in [-0.2, 0) is 17.9 Å². The highest BCUT2D eigenvalue weighted by atomic mass is 35.5. The van der Waals surface area contributed by atoms with Gasteiger partial charge < -0.3 is 20.1 Å². The van der Waals surface area contributed by atoms with Crippen LogP contribution < -0.4 is 5.32 Å². The molecule has 0 atom stereocenters. The third-order valence-electron chi connectivity index (χ3n) is 3.26. The molecule has 0 aliphatic heterocycles. The Balaban J connectivity index is 2.07. The molecule has 7 heteroatoms. The standard InChI is InChI=1S/C14H17ClN2O4/c1-16-13(18)21-8-9-2-5-12(15)10(6-9)7-17(14(19)20)11-3-4-11/h2,5-6,11H,3-4,7-8H2,1H3,(H,16,18)(H,19,20). The van der Waals surface area contributed by atoms with Crippen LogP contribution >= 0.6 is 11.6 Å². The lowest BCUT2D eigenvalue weighted by Crippen LogP contribution is -2.31. The second-order valence-electron chi connectivity index (χ2n) is 4.89. The number of hydrogen-bond donors (Lipinski definition) is 2. The number of amides is 2. The number of ether oxygens (including phenoxy) is 1. The average Bonchev–Trinajstić information content (AvgIpc) is 3.28. The first kappa shape index (κ1) is 15.4. The van der Waals surface area contributed by atoms with E-state index in [0.29, 0.717) is 10.6 Å². The monoisotopic (exact) mass is 312 g/mol. The van der Waals surface area contributed by atoms with Crippen molar-refractivity contribution >= 4 is 23.8 Å². The molecule has 0 unspecified atom stereocenters. The molecule has 0 radical (unpaired) electrons. The average molecular weight is 313 g/mol. The molecule has 1 aliphatic rings. The molecule has 2 rings (SSSR count). The van der Waals surface area contributed by atoms with Gasteiger partial charge in [0, 0.05) is 18.1 Å². The number of carbonyl (C=O) groups is 2. The predicted molar refractivity (Wildman–Crippen MR) is 77.3 cm³/mol. The van der Waals surface area contributed by atoms with Gasteiger partial charge in [0.1, 0.15) is 6.61 Å². The molecule has 1 aromatic rings. The smallest absolute Gasteiger partial charge is 0.407 e. The molecule has 1 aliphatic carbocycles. The summed E-state index contributed by atoms with van der Waals surface area (Å²) in [6.45, 7) is 0.354. The number of carbonyl (C=O) groups excluding carboxylic acids is 1. The number of alkyl carbamates (subject to hydrolysis) is 1. The van der Waals surface area contributed by atoms with Crippen LogP contribution in [0.2, 0.25) is 5.02 Å². The van der Waals surface area contributed by atoms with Crippen molar-refractivity contribution in [1.82, 2.24) is 10.2 Å². The number of hydrogen-bond acceptors (Lipinski definition) is 3. The van der Waals surface area contributed by atoms with Crippen molar-refractivity contribution in [2.45, 2.75) is 32.0 Å². The third kappa shape index (κ3) is 4.26. The fourth-order valence-electron chi connectivity index (χ4n) is 1.98. The molecule has 0 spiro atoms. The molecular formula is C14H17ClN2O4. The minimum atomic E-state index is -0.944. The van der Waals surface area contributed by atoms with Crippen LogP contribution in [0.4, 0.5) is 9.59 Å². The van der Waals surface area contributed by atoms with Crippen LogP contribution in [0.15, 0.2) is 18.2 Å². The molecule has 0 saturated heterocycles. The van der Waals surface area contributed by atoms with Crippen molar-refractivity contribution in [2.24, 2.45) is 0 Å². The highest BCUT2D eigenvalue weighted by Gasteiger charge is 2.32. The number of nitrogens with zero attached hydrogens (tertiary/aromatic N) is 1. The lowest BCUT2D eigenvalue weighted by molar-refractivity contribution is 0.139. The van der Waals surface area contributed by atoms with Crippen molar-refractivity contribution in [2.75, 3.05) is 7.05 Å². The van der Waals surface area contributed by atoms with Crippen molar-refractivity contribution < 1.29 is 19.4 Å². The molecule has 21 heavy (non-hydrogen) atoms. The molecule has 1 fully saturated rings. The first-order chi connectivity index (χ1) is 10.0. The quantitative estimate of drug-likeness (QED) is 0.876. The lowest BCUT2D eigenvalue weighted by Gasteiger charge is -2.19. The zero-order valence-electron chi connectivity index (χ0n) is 11.6. The number of nitrogens with one attached hydrogen (secondary N) is 1. The van der Waals surface area contributed by atoms with E-state index in [4.69, 9.17) is 16.3 Å². The lowest BCUT2D eigenvalue weighted by atomic mass is 10.1. The van der Waals surface area contributed by atoms with E-state index in [1.165, 1.54) is 11.9 Å². The zero-order chi connectivity index (χ0) is 15.4. The van der Waals surface area contributed by atoms with E-state index >= 15 is 0 Å². The van der Waals surface area contributed by atoms with Crippen molar-refractivity contribution in [1.29, 1.82) is 0 Å². The third-order valence-corrected chi connectivity index (χ3v) is 3.63. The maximum Gasteiger partial charge on any atom is 0.407 e. The molecule has 2 N–H and O–H groups in total. The SMILES string of the molecule is CNC(=O)OCc1ccc(Cl)c(CN(C(=O)O)C2CC2)c1. The number of rotatable bonds is 5. The summed E-state index contributed by atoms with van der Waals surface area (Å²) < 4.78 is 4.96. The Kier molecular flexibility index (Phi) is 4.90. The summed E-state index contributed by atoms with van der Waals surface area (Å²) >= 11 is 6.12. The maximum atomic E-state index is 11.2. The van der Waals surface area contributed by atoms with Crippen molar-refractivity contribution in [3.8, 4) is 0 Å². The van der Waals surface area contributed by atoms with Crippen molar-refractivity contribution in [3.63, 3.8) is 0 Å². The summed E-state index contributed by atoms with van der Waals surface area (Å²) in [5.41, 5.74) is 1.48. The summed E-state index contributed by atoms with van der Waals surface area (Å²) in [4.78, 5) is 23.7. The van der Waals surface area contributed by atoms with Crippen LogP contribution in [0, 0.1) is 0 Å². The normalized spacial score (nSPS) is 13.6. The van der Waals surface area contributed by atoms with Gasteiger partial charge in [-0.2, -0.15) is 0 Å². The first-order valence-electron chi connectivity index (χ1n) is 6.62. The molecule has 1 aromatic carbocycles. The number of halogens is 1. The predicted octanol–water partition coefficient (Wildman–Crippen LogP) is 2.84. The Morgan fingerprint density at radius 3 is 2.76 bits per heavy atom. The van der Waals surface area contributed by atoms with Crippen LogP contribution in [-0.4, -0.2) is 35.3 Å². The first-order valence-corrected chi connectivity index (χ1v) is 7.00. The fourth-order valence-corrected chi connectivity index (χ4v) is 2.16. The van der Waals surface area contributed by atoms with E-state index in [1.54, 1.807) is 18.2 Å². The van der Waals surface area contributed by atoms with Gasteiger partial charge >= 0.3 is 12.2 Å².